The molecule has 19 nitrogen and oxygen atoms in total. The van der Waals surface area contributed by atoms with Crippen LogP contribution >= 0.6 is 0 Å². The molecule has 19 heteroatoms. The number of carbonyl (C=O) groups excluding carboxylic acids is 1. The average Bonchev–Trinajstić information content (AvgIpc) is 0.785. The van der Waals surface area contributed by atoms with Gasteiger partial charge >= 0.3 is 0 Å². The van der Waals surface area contributed by atoms with Crippen LogP contribution in [-0.2, 0) is 33.2 Å². The molecule has 0 saturated carbocycles. The Kier molecular flexibility index (Phi) is 55.9. The minimum Gasteiger partial charge on any atom is -0.394 e. The smallest absolute Gasteiger partial charge is 0.220 e. The van der Waals surface area contributed by atoms with Crippen LogP contribution in [0.4, 0.5) is 0 Å². The maximum Gasteiger partial charge on any atom is 0.220 e. The number of nitrogens with one attached hydrogen (secondary N) is 1. The lowest BCUT2D eigenvalue weighted by molar-refractivity contribution is -0.379. The number of hydrogen-bond acceptors (Lipinski definition) is 18. The van der Waals surface area contributed by atoms with Gasteiger partial charge in [0.2, 0.25) is 5.91 Å². The number of aliphatic hydroxyl groups excluding tert-OH is 11. The van der Waals surface area contributed by atoms with Crippen molar-refractivity contribution in [3.63, 3.8) is 0 Å². The van der Waals surface area contributed by atoms with E-state index in [1.54, 1.807) is 6.08 Å². The number of aliphatic hydroxyl groups is 11. The number of carbonyl (C=O) groups is 1. The van der Waals surface area contributed by atoms with E-state index in [2.05, 4.69) is 31.3 Å². The fourth-order valence-electron chi connectivity index (χ4n) is 14.0. The largest absolute Gasteiger partial charge is 0.394 e. The predicted molar refractivity (Wildman–Crippen MR) is 388 cm³/mol. The molecule has 0 bridgehead atoms. The van der Waals surface area contributed by atoms with Crippen molar-refractivity contribution < 1.29 is 89.4 Å². The summed E-state index contributed by atoms with van der Waals surface area (Å²) in [6, 6.07) is -0.970. The second kappa shape index (κ2) is 60.5. The number of allylic oxidation sites excluding steroid dienone is 3. The van der Waals surface area contributed by atoms with Gasteiger partial charge in [0.05, 0.1) is 38.6 Å². The van der Waals surface area contributed by atoms with E-state index >= 15 is 0 Å². The first kappa shape index (κ1) is 90.5. The molecule has 3 fully saturated rings. The molecule has 3 aliphatic heterocycles. The monoisotopic (exact) mass is 1400 g/mol. The van der Waals surface area contributed by atoms with E-state index in [1.807, 2.05) is 6.08 Å². The van der Waals surface area contributed by atoms with Gasteiger partial charge in [0.25, 0.3) is 0 Å². The van der Waals surface area contributed by atoms with Crippen molar-refractivity contribution in [2.75, 3.05) is 26.4 Å². The topological polar surface area (TPSA) is 307 Å². The molecule has 0 aliphatic carbocycles. The van der Waals surface area contributed by atoms with E-state index < -0.39 is 124 Å². The van der Waals surface area contributed by atoms with E-state index in [1.165, 1.54) is 270 Å². The van der Waals surface area contributed by atoms with Crippen LogP contribution in [0.15, 0.2) is 24.3 Å². The molecule has 578 valence electrons. The van der Waals surface area contributed by atoms with Crippen molar-refractivity contribution in [2.45, 2.75) is 446 Å². The summed E-state index contributed by atoms with van der Waals surface area (Å²) in [5.74, 6) is -0.269. The number of unbranched alkanes of at least 4 members (excludes halogenated alkanes) is 47. The maximum atomic E-state index is 13.4. The Bertz CT molecular complexity index is 1870. The van der Waals surface area contributed by atoms with Crippen molar-refractivity contribution in [2.24, 2.45) is 0 Å². The van der Waals surface area contributed by atoms with Crippen molar-refractivity contribution in [1.29, 1.82) is 0 Å². The second-order valence-electron chi connectivity index (χ2n) is 29.2. The zero-order chi connectivity index (χ0) is 71.1. The summed E-state index contributed by atoms with van der Waals surface area (Å²) in [6.07, 6.45) is 46.3. The van der Waals surface area contributed by atoms with Crippen LogP contribution in [0.1, 0.15) is 341 Å². The van der Waals surface area contributed by atoms with Crippen LogP contribution in [-0.4, -0.2) is 193 Å². The highest BCUT2D eigenvalue weighted by molar-refractivity contribution is 5.76. The fourth-order valence-corrected chi connectivity index (χ4v) is 14.0. The van der Waals surface area contributed by atoms with Gasteiger partial charge in [-0.05, 0) is 44.9 Å². The lowest BCUT2D eigenvalue weighted by atomic mass is 9.96. The minimum atomic E-state index is -1.98. The zero-order valence-corrected chi connectivity index (χ0v) is 61.8. The Morgan fingerprint density at radius 1 is 0.357 bits per heavy atom. The highest BCUT2D eigenvalue weighted by Gasteiger charge is 2.54. The molecule has 0 aromatic carbocycles. The van der Waals surface area contributed by atoms with Crippen LogP contribution in [0, 0.1) is 0 Å². The minimum absolute atomic E-state index is 0.249. The highest BCUT2D eigenvalue weighted by atomic mass is 16.8. The Labute approximate surface area is 594 Å². The van der Waals surface area contributed by atoms with Gasteiger partial charge in [0, 0.05) is 6.42 Å². The summed E-state index contributed by atoms with van der Waals surface area (Å²) in [6.45, 7) is 1.77. The molecule has 0 spiro atoms. The number of ether oxygens (including phenoxy) is 6. The Balaban J connectivity index is 1.28. The first-order valence-electron chi connectivity index (χ1n) is 40.6. The van der Waals surface area contributed by atoms with Gasteiger partial charge < -0.3 is 89.9 Å². The van der Waals surface area contributed by atoms with Crippen LogP contribution < -0.4 is 5.32 Å². The van der Waals surface area contributed by atoms with Gasteiger partial charge in [0.15, 0.2) is 18.9 Å². The first-order chi connectivity index (χ1) is 47.8. The molecule has 0 aromatic rings. The molecule has 12 N–H and O–H groups in total. The van der Waals surface area contributed by atoms with E-state index in [0.717, 1.165) is 44.9 Å². The molecule has 3 saturated heterocycles. The summed E-state index contributed by atoms with van der Waals surface area (Å²) >= 11 is 0. The average molecular weight is 1400 g/mol. The summed E-state index contributed by atoms with van der Waals surface area (Å²) in [7, 11) is 0. The second-order valence-corrected chi connectivity index (χ2v) is 29.2. The van der Waals surface area contributed by atoms with Crippen molar-refractivity contribution >= 4 is 5.91 Å². The fraction of sp³-hybridized carbons (Fsp3) is 0.937. The number of rotatable bonds is 65. The third kappa shape index (κ3) is 40.5. The maximum absolute atomic E-state index is 13.4. The summed E-state index contributed by atoms with van der Waals surface area (Å²) in [5, 5.41) is 121. The van der Waals surface area contributed by atoms with Gasteiger partial charge in [-0.1, -0.05) is 314 Å². The van der Waals surface area contributed by atoms with Crippen molar-refractivity contribution in [3.05, 3.63) is 24.3 Å². The van der Waals surface area contributed by atoms with E-state index in [9.17, 15) is 61.0 Å². The Morgan fingerprint density at radius 2 is 0.643 bits per heavy atom. The SMILES string of the molecule is CCCCCCCCCC/C=C\CCCCCCCCCCCCCCCCCCCCCCCCCCCCCC(=O)NC(COC1OC(CO)C(OC2OC(CO)C(OC3OC(CO)C(O)C(O)C3O)C(O)C2O)C(O)C1O)C(O)/C=C/CCCCCCCCCCCCCC. The van der Waals surface area contributed by atoms with Crippen LogP contribution in [0.25, 0.3) is 0 Å². The molecule has 0 radical (unpaired) electrons. The molecule has 3 rings (SSSR count). The van der Waals surface area contributed by atoms with Gasteiger partial charge in [0.1, 0.15) is 73.2 Å². The van der Waals surface area contributed by atoms with E-state index in [4.69, 9.17) is 28.4 Å². The van der Waals surface area contributed by atoms with Gasteiger partial charge in [-0.15, -0.1) is 0 Å². The molecular weight excluding hydrogens is 1250 g/mol. The lowest BCUT2D eigenvalue weighted by Crippen LogP contribution is -2.66. The normalized spacial score (nSPS) is 26.8. The molecule has 1 amide bonds. The third-order valence-electron chi connectivity index (χ3n) is 20.5. The van der Waals surface area contributed by atoms with Gasteiger partial charge in [-0.25, -0.2) is 0 Å². The summed E-state index contributed by atoms with van der Waals surface area (Å²) in [4.78, 5) is 13.4. The molecule has 17 atom stereocenters. The number of amides is 1. The zero-order valence-electron chi connectivity index (χ0n) is 61.8. The quantitative estimate of drug-likeness (QED) is 0.0199. The van der Waals surface area contributed by atoms with E-state index in [0.29, 0.717) is 6.42 Å². The third-order valence-corrected chi connectivity index (χ3v) is 20.5. The molecule has 0 aromatic heterocycles. The molecule has 17 unspecified atom stereocenters. The summed E-state index contributed by atoms with van der Waals surface area (Å²) in [5.41, 5.74) is 0. The van der Waals surface area contributed by atoms with Crippen LogP contribution in [0.3, 0.4) is 0 Å². The molecule has 3 heterocycles. The molecule has 3 aliphatic rings. The predicted octanol–water partition coefficient (Wildman–Crippen LogP) is 13.3. The first-order valence-corrected chi connectivity index (χ1v) is 40.6. The molecule has 98 heavy (non-hydrogen) atoms. The standard InChI is InChI=1S/C79H149NO18/c1-3-5-7-9-11-13-15-17-19-20-21-22-23-24-25-26-27-28-29-30-31-32-33-34-35-36-37-38-39-40-41-42-43-45-47-49-51-53-55-57-67(85)80-62(63(84)56-54-52-50-48-46-44-18-16-14-12-10-8-6-4-2)61-93-77-73(91)70(88)75(65(59-82)95-77)98-79-74(92)71(89)76(66(60-83)96-79)97-78-72(90)69(87)68(86)64(58-81)94-78/h20-21,54,56,62-66,68-79,81-84,86-92H,3-19,22-53,55,57-61H2,1-2H3,(H,80,85)/b21-20-,56-54+. The van der Waals surface area contributed by atoms with Crippen molar-refractivity contribution in [3.8, 4) is 0 Å². The molecular formula is C79H149NO18. The van der Waals surface area contributed by atoms with Crippen molar-refractivity contribution in [1.82, 2.24) is 5.32 Å². The summed E-state index contributed by atoms with van der Waals surface area (Å²) < 4.78 is 34.4. The van der Waals surface area contributed by atoms with E-state index in [-0.39, 0.29) is 18.9 Å². The van der Waals surface area contributed by atoms with Gasteiger partial charge in [-0.2, -0.15) is 0 Å². The van der Waals surface area contributed by atoms with Crippen LogP contribution in [0.2, 0.25) is 0 Å². The number of hydrogen-bond donors (Lipinski definition) is 12. The Hall–Kier alpha value is -1.73. The van der Waals surface area contributed by atoms with Gasteiger partial charge in [-0.3, -0.25) is 4.79 Å². The Morgan fingerprint density at radius 3 is 0.990 bits per heavy atom. The van der Waals surface area contributed by atoms with Crippen LogP contribution in [0.5, 0.6) is 0 Å². The highest BCUT2D eigenvalue weighted by Crippen LogP contribution is 2.33. The lowest BCUT2D eigenvalue weighted by Gasteiger charge is -2.48.